The Kier molecular flexibility index (Phi) is 7.65. The predicted octanol–water partition coefficient (Wildman–Crippen LogP) is 4.74. The third-order valence-electron chi connectivity index (χ3n) is 4.64. The highest BCUT2D eigenvalue weighted by Crippen LogP contribution is 2.27. The SMILES string of the molecule is CCN(c1ccccc1)S(=O)(=O)c1ccc(Cl)c(C(=O)OCCCc2cccnc2)c1. The maximum Gasteiger partial charge on any atom is 0.339 e. The first-order valence-electron chi connectivity index (χ1n) is 9.87. The van der Waals surface area contributed by atoms with Crippen LogP contribution in [0.2, 0.25) is 5.02 Å². The fourth-order valence-electron chi connectivity index (χ4n) is 3.10. The zero-order chi connectivity index (χ0) is 22.3. The number of aromatic nitrogens is 1. The summed E-state index contributed by atoms with van der Waals surface area (Å²) in [6, 6.07) is 16.6. The molecule has 3 aromatic rings. The quantitative estimate of drug-likeness (QED) is 0.342. The number of anilines is 1. The molecule has 0 aliphatic heterocycles. The van der Waals surface area contributed by atoms with Crippen LogP contribution in [-0.2, 0) is 21.2 Å². The highest BCUT2D eigenvalue weighted by molar-refractivity contribution is 7.92. The molecule has 0 bridgehead atoms. The number of aryl methyl sites for hydroxylation is 1. The number of nitrogens with zero attached hydrogens (tertiary/aromatic N) is 2. The highest BCUT2D eigenvalue weighted by atomic mass is 35.5. The number of hydrogen-bond donors (Lipinski definition) is 0. The molecule has 6 nitrogen and oxygen atoms in total. The van der Waals surface area contributed by atoms with Gasteiger partial charge in [-0.2, -0.15) is 0 Å². The Balaban J connectivity index is 1.73. The molecule has 0 aliphatic rings. The van der Waals surface area contributed by atoms with Gasteiger partial charge >= 0.3 is 5.97 Å². The van der Waals surface area contributed by atoms with Gasteiger partial charge in [0.15, 0.2) is 0 Å². The van der Waals surface area contributed by atoms with Crippen molar-refractivity contribution < 1.29 is 17.9 Å². The lowest BCUT2D eigenvalue weighted by atomic mass is 10.2. The van der Waals surface area contributed by atoms with Crippen LogP contribution in [0.4, 0.5) is 5.69 Å². The number of hydrogen-bond acceptors (Lipinski definition) is 5. The van der Waals surface area contributed by atoms with E-state index in [9.17, 15) is 13.2 Å². The Bertz CT molecular complexity index is 1120. The number of rotatable bonds is 9. The number of pyridine rings is 1. The molecule has 0 fully saturated rings. The first-order chi connectivity index (χ1) is 14.9. The minimum Gasteiger partial charge on any atom is -0.462 e. The van der Waals surface area contributed by atoms with Gasteiger partial charge in [0.2, 0.25) is 0 Å². The number of halogens is 1. The Labute approximate surface area is 187 Å². The van der Waals surface area contributed by atoms with E-state index < -0.39 is 16.0 Å². The van der Waals surface area contributed by atoms with Gasteiger partial charge in [-0.3, -0.25) is 9.29 Å². The molecule has 1 heterocycles. The molecule has 0 spiro atoms. The van der Waals surface area contributed by atoms with Gasteiger partial charge in [-0.1, -0.05) is 35.9 Å². The topological polar surface area (TPSA) is 76.6 Å². The Hall–Kier alpha value is -2.90. The number of esters is 1. The maximum absolute atomic E-state index is 13.2. The van der Waals surface area contributed by atoms with Crippen molar-refractivity contribution in [3.8, 4) is 0 Å². The summed E-state index contributed by atoms with van der Waals surface area (Å²) in [6.07, 6.45) is 4.79. The average molecular weight is 459 g/mol. The van der Waals surface area contributed by atoms with Crippen LogP contribution in [0.1, 0.15) is 29.3 Å². The minimum absolute atomic E-state index is 0.0215. The van der Waals surface area contributed by atoms with Gasteiger partial charge in [-0.15, -0.1) is 0 Å². The van der Waals surface area contributed by atoms with Crippen LogP contribution in [0, 0.1) is 0 Å². The lowest BCUT2D eigenvalue weighted by molar-refractivity contribution is 0.0500. The lowest BCUT2D eigenvalue weighted by Crippen LogP contribution is -2.30. The summed E-state index contributed by atoms with van der Waals surface area (Å²) in [5.41, 5.74) is 1.61. The first-order valence-corrected chi connectivity index (χ1v) is 11.7. The van der Waals surface area contributed by atoms with Crippen molar-refractivity contribution in [2.24, 2.45) is 0 Å². The molecule has 0 N–H and O–H groups in total. The molecule has 0 radical (unpaired) electrons. The summed E-state index contributed by atoms with van der Waals surface area (Å²) in [7, 11) is -3.88. The standard InChI is InChI=1S/C23H23ClN2O4S/c1-2-26(19-10-4-3-5-11-19)31(28,29)20-12-13-22(24)21(16-20)23(27)30-15-7-9-18-8-6-14-25-17-18/h3-6,8,10-14,16-17H,2,7,9,15H2,1H3. The summed E-state index contributed by atoms with van der Waals surface area (Å²) in [6.45, 7) is 2.17. The molecule has 3 rings (SSSR count). The largest absolute Gasteiger partial charge is 0.462 e. The number of benzene rings is 2. The number of carbonyl (C=O) groups is 1. The van der Waals surface area contributed by atoms with Gasteiger partial charge in [0.05, 0.1) is 27.8 Å². The normalized spacial score (nSPS) is 11.2. The molecular formula is C23H23ClN2O4S. The molecule has 0 aliphatic carbocycles. The van der Waals surface area contributed by atoms with E-state index in [1.165, 1.54) is 22.5 Å². The Morgan fingerprint density at radius 1 is 1.10 bits per heavy atom. The van der Waals surface area contributed by atoms with E-state index in [0.29, 0.717) is 18.5 Å². The molecule has 31 heavy (non-hydrogen) atoms. The van der Waals surface area contributed by atoms with E-state index in [2.05, 4.69) is 4.98 Å². The van der Waals surface area contributed by atoms with E-state index in [1.54, 1.807) is 43.6 Å². The van der Waals surface area contributed by atoms with Gasteiger partial charge in [0, 0.05) is 18.9 Å². The van der Waals surface area contributed by atoms with Crippen LogP contribution < -0.4 is 4.31 Å². The zero-order valence-electron chi connectivity index (χ0n) is 17.1. The lowest BCUT2D eigenvalue weighted by Gasteiger charge is -2.23. The summed E-state index contributed by atoms with van der Waals surface area (Å²) >= 11 is 6.16. The molecule has 0 unspecified atom stereocenters. The van der Waals surface area contributed by atoms with Gasteiger partial charge < -0.3 is 4.74 Å². The van der Waals surface area contributed by atoms with Crippen molar-refractivity contribution in [3.05, 3.63) is 89.2 Å². The summed E-state index contributed by atoms with van der Waals surface area (Å²) < 4.78 is 33.0. The van der Waals surface area contributed by atoms with Gasteiger partial charge in [-0.25, -0.2) is 13.2 Å². The van der Waals surface area contributed by atoms with Gasteiger partial charge in [-0.05, 0) is 61.7 Å². The van der Waals surface area contributed by atoms with E-state index in [4.69, 9.17) is 16.3 Å². The third-order valence-corrected chi connectivity index (χ3v) is 6.87. The van der Waals surface area contributed by atoms with E-state index in [-0.39, 0.29) is 28.6 Å². The second kappa shape index (κ2) is 10.4. The van der Waals surface area contributed by atoms with Crippen molar-refractivity contribution in [1.29, 1.82) is 0 Å². The van der Waals surface area contributed by atoms with Crippen molar-refractivity contribution in [2.75, 3.05) is 17.5 Å². The zero-order valence-corrected chi connectivity index (χ0v) is 18.6. The summed E-state index contributed by atoms with van der Waals surface area (Å²) in [5, 5.41) is 0.138. The van der Waals surface area contributed by atoms with E-state index in [1.807, 2.05) is 18.2 Å². The van der Waals surface area contributed by atoms with Crippen LogP contribution in [0.25, 0.3) is 0 Å². The molecule has 1 aromatic heterocycles. The Morgan fingerprint density at radius 2 is 1.87 bits per heavy atom. The molecule has 2 aromatic carbocycles. The molecule has 162 valence electrons. The number of carbonyl (C=O) groups excluding carboxylic acids is 1. The maximum atomic E-state index is 13.2. The van der Waals surface area contributed by atoms with Gasteiger partial charge in [0.1, 0.15) is 0 Å². The fraction of sp³-hybridized carbons (Fsp3) is 0.217. The van der Waals surface area contributed by atoms with Crippen molar-refractivity contribution in [2.45, 2.75) is 24.7 Å². The van der Waals surface area contributed by atoms with Crippen LogP contribution >= 0.6 is 11.6 Å². The van der Waals surface area contributed by atoms with Crippen molar-refractivity contribution in [1.82, 2.24) is 4.98 Å². The summed E-state index contributed by atoms with van der Waals surface area (Å²) in [4.78, 5) is 16.6. The van der Waals surface area contributed by atoms with Crippen LogP contribution in [0.3, 0.4) is 0 Å². The predicted molar refractivity (Wildman–Crippen MR) is 121 cm³/mol. The first kappa shape index (κ1) is 22.8. The molecular weight excluding hydrogens is 436 g/mol. The van der Waals surface area contributed by atoms with Gasteiger partial charge in [0.25, 0.3) is 10.0 Å². The number of sulfonamides is 1. The minimum atomic E-state index is -3.88. The molecule has 0 saturated carbocycles. The number of para-hydroxylation sites is 1. The van der Waals surface area contributed by atoms with Crippen molar-refractivity contribution in [3.63, 3.8) is 0 Å². The average Bonchev–Trinajstić information content (AvgIpc) is 2.78. The van der Waals surface area contributed by atoms with E-state index >= 15 is 0 Å². The summed E-state index contributed by atoms with van der Waals surface area (Å²) in [5.74, 6) is -0.656. The Morgan fingerprint density at radius 3 is 2.55 bits per heavy atom. The third kappa shape index (κ3) is 5.62. The molecule has 0 amide bonds. The van der Waals surface area contributed by atoms with Crippen LogP contribution in [-0.4, -0.2) is 32.5 Å². The highest BCUT2D eigenvalue weighted by Gasteiger charge is 2.25. The molecule has 8 heteroatoms. The number of ether oxygens (including phenoxy) is 1. The molecule has 0 atom stereocenters. The molecule has 0 saturated heterocycles. The second-order valence-corrected chi connectivity index (χ2v) is 9.02. The monoisotopic (exact) mass is 458 g/mol. The van der Waals surface area contributed by atoms with Crippen LogP contribution in [0.15, 0.2) is 78.0 Å². The second-order valence-electron chi connectivity index (χ2n) is 6.75. The van der Waals surface area contributed by atoms with E-state index in [0.717, 1.165) is 5.56 Å². The van der Waals surface area contributed by atoms with Crippen LogP contribution in [0.5, 0.6) is 0 Å². The van der Waals surface area contributed by atoms with Crippen molar-refractivity contribution >= 4 is 33.3 Å². The fourth-order valence-corrected chi connectivity index (χ4v) is 4.79. The smallest absolute Gasteiger partial charge is 0.339 e.